The fraction of sp³-hybridized carbons (Fsp3) is 0.520. The molecule has 0 atom stereocenters. The van der Waals surface area contributed by atoms with E-state index in [1.165, 1.54) is 21.9 Å². The Hall–Kier alpha value is -2.78. The number of nitrogens with zero attached hydrogens (tertiary/aromatic N) is 2. The van der Waals surface area contributed by atoms with Crippen molar-refractivity contribution in [3.63, 3.8) is 0 Å². The number of carbonyl (C=O) groups is 2. The zero-order chi connectivity index (χ0) is 23.9. The maximum absolute atomic E-state index is 12.6. The zero-order valence-electron chi connectivity index (χ0n) is 20.0. The molecule has 4 rings (SSSR count). The van der Waals surface area contributed by atoms with Gasteiger partial charge in [0, 0.05) is 49.8 Å². The second-order valence-corrected chi connectivity index (χ2v) is 9.65. The molecular weight excluding hydrogens is 452 g/mol. The van der Waals surface area contributed by atoms with Crippen molar-refractivity contribution in [1.29, 1.82) is 0 Å². The molecule has 2 aliphatic rings. The minimum Gasteiger partial charge on any atom is -0.497 e. The molecule has 0 saturated carbocycles. The average Bonchev–Trinajstić information content (AvgIpc) is 3.22. The molecular formula is C25H34N4O4S. The maximum atomic E-state index is 12.6. The van der Waals surface area contributed by atoms with Crippen LogP contribution in [0.25, 0.3) is 0 Å². The first-order valence-corrected chi connectivity index (χ1v) is 12.9. The molecule has 2 aromatic rings. The molecule has 1 saturated heterocycles. The Morgan fingerprint density at radius 1 is 1.06 bits per heavy atom. The first kappa shape index (κ1) is 24.3. The maximum Gasteiger partial charge on any atom is 0.341 e. The number of urea groups is 1. The van der Waals surface area contributed by atoms with Crippen LogP contribution in [0.3, 0.4) is 0 Å². The van der Waals surface area contributed by atoms with Crippen LogP contribution in [0.1, 0.15) is 40.6 Å². The van der Waals surface area contributed by atoms with Crippen LogP contribution in [0.5, 0.6) is 5.75 Å². The molecule has 0 spiro atoms. The molecule has 1 aliphatic carbocycles. The second-order valence-electron chi connectivity index (χ2n) is 8.54. The van der Waals surface area contributed by atoms with Gasteiger partial charge in [-0.3, -0.25) is 10.2 Å². The lowest BCUT2D eigenvalue weighted by Gasteiger charge is -2.36. The van der Waals surface area contributed by atoms with Gasteiger partial charge in [-0.15, -0.1) is 11.3 Å². The van der Waals surface area contributed by atoms with Gasteiger partial charge in [0.25, 0.3) is 0 Å². The number of benzene rings is 1. The van der Waals surface area contributed by atoms with Crippen molar-refractivity contribution in [3.05, 3.63) is 40.3 Å². The van der Waals surface area contributed by atoms with Gasteiger partial charge >= 0.3 is 12.0 Å². The number of esters is 1. The highest BCUT2D eigenvalue weighted by molar-refractivity contribution is 7.17. The lowest BCUT2D eigenvalue weighted by molar-refractivity contribution is 0.0526. The number of aryl methyl sites for hydroxylation is 1. The highest BCUT2D eigenvalue weighted by atomic mass is 32.1. The van der Waals surface area contributed by atoms with E-state index in [9.17, 15) is 9.59 Å². The summed E-state index contributed by atoms with van der Waals surface area (Å²) in [5.74, 6) is 0.524. The first-order chi connectivity index (χ1) is 16.6. The van der Waals surface area contributed by atoms with Crippen molar-refractivity contribution in [2.75, 3.05) is 63.2 Å². The van der Waals surface area contributed by atoms with Crippen LogP contribution in [-0.4, -0.2) is 69.9 Å². The SMILES string of the molecule is CCOC(=O)c1c(NC(=O)NCCN2CCN(c3ccc(OC)cc3)CC2)sc2c1CCCC2. The van der Waals surface area contributed by atoms with Crippen LogP contribution < -0.4 is 20.3 Å². The normalized spacial score (nSPS) is 16.0. The number of anilines is 2. The topological polar surface area (TPSA) is 83.1 Å². The Morgan fingerprint density at radius 3 is 2.50 bits per heavy atom. The number of nitrogens with one attached hydrogen (secondary N) is 2. The number of methoxy groups -OCH3 is 1. The van der Waals surface area contributed by atoms with E-state index in [4.69, 9.17) is 9.47 Å². The molecule has 34 heavy (non-hydrogen) atoms. The number of rotatable bonds is 8. The fourth-order valence-corrected chi connectivity index (χ4v) is 5.84. The van der Waals surface area contributed by atoms with Crippen molar-refractivity contribution in [1.82, 2.24) is 10.2 Å². The predicted molar refractivity (Wildman–Crippen MR) is 136 cm³/mol. The monoisotopic (exact) mass is 486 g/mol. The van der Waals surface area contributed by atoms with E-state index in [1.54, 1.807) is 14.0 Å². The lowest BCUT2D eigenvalue weighted by Crippen LogP contribution is -2.48. The third-order valence-corrected chi connectivity index (χ3v) is 7.61. The van der Waals surface area contributed by atoms with Gasteiger partial charge in [0.15, 0.2) is 0 Å². The van der Waals surface area contributed by atoms with Crippen LogP contribution in [-0.2, 0) is 17.6 Å². The number of fused-ring (bicyclic) bond motifs is 1. The molecule has 1 aromatic carbocycles. The average molecular weight is 487 g/mol. The van der Waals surface area contributed by atoms with Crippen LogP contribution >= 0.6 is 11.3 Å². The summed E-state index contributed by atoms with van der Waals surface area (Å²) in [6, 6.07) is 7.88. The fourth-order valence-electron chi connectivity index (χ4n) is 4.57. The van der Waals surface area contributed by atoms with E-state index in [1.807, 2.05) is 12.1 Å². The zero-order valence-corrected chi connectivity index (χ0v) is 20.8. The van der Waals surface area contributed by atoms with Gasteiger partial charge in [-0.1, -0.05) is 0 Å². The van der Waals surface area contributed by atoms with Crippen LogP contribution in [0.4, 0.5) is 15.5 Å². The molecule has 1 aliphatic heterocycles. The summed E-state index contributed by atoms with van der Waals surface area (Å²) >= 11 is 1.51. The molecule has 2 amide bonds. The molecule has 184 valence electrons. The number of thiophene rings is 1. The number of hydrogen-bond donors (Lipinski definition) is 2. The van der Waals surface area contributed by atoms with Crippen molar-refractivity contribution in [2.45, 2.75) is 32.6 Å². The van der Waals surface area contributed by atoms with Gasteiger partial charge < -0.3 is 19.7 Å². The number of amides is 2. The minimum atomic E-state index is -0.341. The molecule has 9 heteroatoms. The number of carbonyl (C=O) groups excluding carboxylic acids is 2. The van der Waals surface area contributed by atoms with E-state index < -0.39 is 0 Å². The second kappa shape index (κ2) is 11.6. The highest BCUT2D eigenvalue weighted by Crippen LogP contribution is 2.38. The van der Waals surface area contributed by atoms with Crippen LogP contribution in [0.15, 0.2) is 24.3 Å². The van der Waals surface area contributed by atoms with Gasteiger partial charge in [0.05, 0.1) is 19.3 Å². The summed E-state index contributed by atoms with van der Waals surface area (Å²) in [4.78, 5) is 31.1. The molecule has 0 bridgehead atoms. The van der Waals surface area contributed by atoms with E-state index in [2.05, 4.69) is 32.6 Å². The molecule has 2 heterocycles. The summed E-state index contributed by atoms with van der Waals surface area (Å²) in [5, 5.41) is 6.47. The van der Waals surface area contributed by atoms with E-state index in [0.717, 1.165) is 69.7 Å². The van der Waals surface area contributed by atoms with Crippen molar-refractivity contribution in [3.8, 4) is 5.75 Å². The Kier molecular flexibility index (Phi) is 8.29. The number of piperazine rings is 1. The highest BCUT2D eigenvalue weighted by Gasteiger charge is 2.27. The summed E-state index contributed by atoms with van der Waals surface area (Å²) in [6.45, 7) is 7.24. The van der Waals surface area contributed by atoms with Gasteiger partial charge in [0.1, 0.15) is 10.8 Å². The van der Waals surface area contributed by atoms with Crippen LogP contribution in [0.2, 0.25) is 0 Å². The third kappa shape index (κ3) is 5.82. The van der Waals surface area contributed by atoms with Crippen molar-refractivity contribution in [2.24, 2.45) is 0 Å². The molecule has 0 radical (unpaired) electrons. The Bertz CT molecular complexity index is 984. The third-order valence-electron chi connectivity index (χ3n) is 6.40. The van der Waals surface area contributed by atoms with E-state index in [0.29, 0.717) is 23.7 Å². The first-order valence-electron chi connectivity index (χ1n) is 12.1. The summed E-state index contributed by atoms with van der Waals surface area (Å²) in [6.07, 6.45) is 4.00. The standard InChI is InChI=1S/C25H34N4O4S/c1-3-33-24(30)22-20-6-4-5-7-21(20)34-23(22)27-25(31)26-12-13-28-14-16-29(17-15-28)18-8-10-19(32-2)11-9-18/h8-11H,3-7,12-17H2,1-2H3,(H2,26,27,31). The molecule has 0 unspecified atom stereocenters. The van der Waals surface area contributed by atoms with E-state index >= 15 is 0 Å². The van der Waals surface area contributed by atoms with Gasteiger partial charge in [-0.25, -0.2) is 9.59 Å². The summed E-state index contributed by atoms with van der Waals surface area (Å²) in [5.41, 5.74) is 2.81. The quantitative estimate of drug-likeness (QED) is 0.553. The lowest BCUT2D eigenvalue weighted by atomic mass is 9.95. The number of ether oxygens (including phenoxy) is 2. The van der Waals surface area contributed by atoms with Crippen LogP contribution in [0, 0.1) is 0 Å². The largest absolute Gasteiger partial charge is 0.497 e. The van der Waals surface area contributed by atoms with Crippen molar-refractivity contribution < 1.29 is 19.1 Å². The Morgan fingerprint density at radius 2 is 1.79 bits per heavy atom. The van der Waals surface area contributed by atoms with Gasteiger partial charge in [-0.2, -0.15) is 0 Å². The number of hydrogen-bond acceptors (Lipinski definition) is 7. The Balaban J connectivity index is 1.24. The minimum absolute atomic E-state index is 0.277. The summed E-state index contributed by atoms with van der Waals surface area (Å²) in [7, 11) is 1.68. The van der Waals surface area contributed by atoms with Gasteiger partial charge in [-0.05, 0) is 62.4 Å². The molecule has 2 N–H and O–H groups in total. The molecule has 1 fully saturated rings. The smallest absolute Gasteiger partial charge is 0.341 e. The van der Waals surface area contributed by atoms with Gasteiger partial charge in [0.2, 0.25) is 0 Å². The van der Waals surface area contributed by atoms with Crippen molar-refractivity contribution >= 4 is 34.0 Å². The Labute approximate surface area is 205 Å². The molecule has 8 nitrogen and oxygen atoms in total. The summed E-state index contributed by atoms with van der Waals surface area (Å²) < 4.78 is 10.5. The van der Waals surface area contributed by atoms with E-state index in [-0.39, 0.29) is 12.0 Å². The predicted octanol–water partition coefficient (Wildman–Crippen LogP) is 3.76. The molecule has 1 aromatic heterocycles.